The van der Waals surface area contributed by atoms with Crippen LogP contribution in [0.4, 0.5) is 0 Å². The van der Waals surface area contributed by atoms with E-state index in [0.29, 0.717) is 2.92 Å². The summed E-state index contributed by atoms with van der Waals surface area (Å²) in [6.07, 6.45) is 1.28. The van der Waals surface area contributed by atoms with Gasteiger partial charge in [0, 0.05) is 0 Å². The van der Waals surface area contributed by atoms with E-state index in [-0.39, 0.29) is 0 Å². The van der Waals surface area contributed by atoms with E-state index in [1.807, 2.05) is 0 Å². The van der Waals surface area contributed by atoms with Gasteiger partial charge in [-0.3, -0.25) is 0 Å². The van der Waals surface area contributed by atoms with Gasteiger partial charge in [-0.05, 0) is 0 Å². The van der Waals surface area contributed by atoms with Crippen LogP contribution in [0.3, 0.4) is 0 Å². The van der Waals surface area contributed by atoms with Crippen molar-refractivity contribution in [1.82, 2.24) is 0 Å². The fourth-order valence-electron chi connectivity index (χ4n) is 1.04. The molecule has 1 aromatic carbocycles. The first-order valence-corrected chi connectivity index (χ1v) is 6.82. The molecule has 0 aromatic heterocycles. The van der Waals surface area contributed by atoms with E-state index >= 15 is 0 Å². The molecule has 0 heterocycles. The van der Waals surface area contributed by atoms with Gasteiger partial charge in [-0.15, -0.1) is 0 Å². The zero-order valence-electron chi connectivity index (χ0n) is 7.30. The zero-order valence-corrected chi connectivity index (χ0v) is 12.8. The maximum atomic E-state index is 2.37. The summed E-state index contributed by atoms with van der Waals surface area (Å²) in [5.74, 6) is 0. The van der Waals surface area contributed by atoms with Crippen molar-refractivity contribution in [2.45, 2.75) is 23.2 Å². The Bertz CT molecular complexity index is 214. The predicted molar refractivity (Wildman–Crippen MR) is 44.1 cm³/mol. The van der Waals surface area contributed by atoms with E-state index in [4.69, 9.17) is 0 Å². The molecule has 1 aromatic rings. The van der Waals surface area contributed by atoms with Crippen LogP contribution in [0, 0.1) is 0 Å². The molecule has 0 amide bonds. The molecule has 0 saturated carbocycles. The molecule has 0 N–H and O–H groups in total. The monoisotopic (exact) mass is 335 g/mol. The summed E-state index contributed by atoms with van der Waals surface area (Å²) in [5.41, 5.74) is 1.52. The third-order valence-corrected chi connectivity index (χ3v) is 5.78. The molecule has 55 valence electrons. The van der Waals surface area contributed by atoms with Crippen LogP contribution >= 0.6 is 0 Å². The number of hydrogen-bond acceptors (Lipinski definition) is 0. The van der Waals surface area contributed by atoms with Crippen molar-refractivity contribution >= 4 is 0 Å². The van der Waals surface area contributed by atoms with Crippen molar-refractivity contribution in [1.29, 1.82) is 0 Å². The third-order valence-electron chi connectivity index (χ3n) is 2.25. The summed E-state index contributed by atoms with van der Waals surface area (Å²) >= 11 is 0.819. The Morgan fingerprint density at radius 2 is 1.82 bits per heavy atom. The second-order valence-corrected chi connectivity index (χ2v) is 9.35. The molecule has 1 atom stereocenters. The van der Waals surface area contributed by atoms with Gasteiger partial charge >= 0.3 is 85.2 Å². The van der Waals surface area contributed by atoms with Crippen LogP contribution in [0.15, 0.2) is 30.3 Å². The number of hydrogen-bond donors (Lipinski definition) is 0. The Balaban J connectivity index is 2.93. The van der Waals surface area contributed by atoms with Gasteiger partial charge in [-0.25, -0.2) is 0 Å². The molecule has 0 spiro atoms. The Labute approximate surface area is 85.0 Å². The van der Waals surface area contributed by atoms with Gasteiger partial charge in [0.2, 0.25) is 0 Å². The van der Waals surface area contributed by atoms with Crippen molar-refractivity contribution < 1.29 is 26.1 Å². The predicted octanol–water partition coefficient (Wildman–Crippen LogP) is 2.86. The summed E-state index contributed by atoms with van der Waals surface area (Å²) in [5, 5.41) is 0. The number of rotatable bonds is 2. The van der Waals surface area contributed by atoms with E-state index in [1.54, 1.807) is 0 Å². The molecule has 0 fully saturated rings. The first-order valence-electron chi connectivity index (χ1n) is 4.07. The summed E-state index contributed by atoms with van der Waals surface area (Å²) in [6, 6.07) is 10.8. The fraction of sp³-hybridized carbons (Fsp3) is 0.400. The summed E-state index contributed by atoms with van der Waals surface area (Å²) in [7, 11) is 0. The van der Waals surface area contributed by atoms with Gasteiger partial charge in [0.15, 0.2) is 0 Å². The molecule has 1 rings (SSSR count). The van der Waals surface area contributed by atoms with Crippen LogP contribution in [0.25, 0.3) is 0 Å². The molecule has 0 radical (unpaired) electrons. The Morgan fingerprint density at radius 3 is 2.27 bits per heavy atom. The van der Waals surface area contributed by atoms with Crippen molar-refractivity contribution in [2.24, 2.45) is 0 Å². The molecule has 1 unspecified atom stereocenters. The van der Waals surface area contributed by atoms with Crippen LogP contribution in [-0.2, 0) is 29.0 Å². The quantitative estimate of drug-likeness (QED) is 0.730. The third kappa shape index (κ3) is 2.29. The van der Waals surface area contributed by atoms with E-state index in [0.717, 1.165) is 26.1 Å². The Morgan fingerprint density at radius 1 is 1.27 bits per heavy atom. The van der Waals surface area contributed by atoms with E-state index in [2.05, 4.69) is 44.2 Å². The van der Waals surface area contributed by atoms with Crippen LogP contribution in [0.5, 0.6) is 0 Å². The van der Waals surface area contributed by atoms with Gasteiger partial charge in [-0.2, -0.15) is 0 Å². The minimum absolute atomic E-state index is 0.529. The van der Waals surface area contributed by atoms with Crippen LogP contribution in [0.2, 0.25) is 0 Å². The summed E-state index contributed by atoms with van der Waals surface area (Å²) in [6.45, 7) is 4.64. The SMILES string of the molecule is CC[C](C)([Hg])c1ccccc1. The van der Waals surface area contributed by atoms with E-state index < -0.39 is 0 Å². The van der Waals surface area contributed by atoms with E-state index in [1.165, 1.54) is 12.0 Å². The van der Waals surface area contributed by atoms with Crippen LogP contribution in [0.1, 0.15) is 25.8 Å². The van der Waals surface area contributed by atoms with Gasteiger partial charge in [0.25, 0.3) is 0 Å². The molecule has 0 aliphatic carbocycles. The van der Waals surface area contributed by atoms with Gasteiger partial charge in [0.05, 0.1) is 0 Å². The molecule has 0 aliphatic heterocycles. The zero-order chi connectivity index (χ0) is 8.32. The average Bonchev–Trinajstić information content (AvgIpc) is 2.06. The number of benzene rings is 1. The first-order chi connectivity index (χ1) is 5.17. The van der Waals surface area contributed by atoms with Gasteiger partial charge in [0.1, 0.15) is 0 Å². The maximum absolute atomic E-state index is 2.37. The van der Waals surface area contributed by atoms with Crippen molar-refractivity contribution in [3.63, 3.8) is 0 Å². The van der Waals surface area contributed by atoms with Crippen molar-refractivity contribution in [3.8, 4) is 0 Å². The topological polar surface area (TPSA) is 0 Å². The molecule has 0 bridgehead atoms. The van der Waals surface area contributed by atoms with Crippen LogP contribution < -0.4 is 0 Å². The minimum atomic E-state index is 0.529. The van der Waals surface area contributed by atoms with Crippen molar-refractivity contribution in [3.05, 3.63) is 35.9 Å². The Hall–Kier alpha value is 0.155. The standard InChI is InChI=1S/C10H13.Hg/c1-3-9(2)10-7-5-4-6-8-10;/h4-8H,3H2,1-2H3;. The Kier molecular flexibility index (Phi) is 3.11. The van der Waals surface area contributed by atoms with Gasteiger partial charge < -0.3 is 0 Å². The molecule has 11 heavy (non-hydrogen) atoms. The molecule has 0 nitrogen and oxygen atoms in total. The first kappa shape index (κ1) is 9.24. The normalized spacial score (nSPS) is 16.0. The summed E-state index contributed by atoms with van der Waals surface area (Å²) in [4.78, 5) is 0. The molecule has 0 aliphatic rings. The van der Waals surface area contributed by atoms with Crippen LogP contribution in [-0.4, -0.2) is 0 Å². The second kappa shape index (κ2) is 3.71. The fourth-order valence-corrected chi connectivity index (χ4v) is 1.96. The molecular formula is C10H13Hg. The summed E-state index contributed by atoms with van der Waals surface area (Å²) < 4.78 is 0.529. The van der Waals surface area contributed by atoms with Gasteiger partial charge in [-0.1, -0.05) is 0 Å². The second-order valence-electron chi connectivity index (χ2n) is 3.28. The van der Waals surface area contributed by atoms with Crippen molar-refractivity contribution in [2.75, 3.05) is 0 Å². The molecular weight excluding hydrogens is 321 g/mol. The molecule has 0 saturated heterocycles. The van der Waals surface area contributed by atoms with E-state index in [9.17, 15) is 0 Å². The molecule has 1 heteroatoms. The average molecular weight is 334 g/mol.